The van der Waals surface area contributed by atoms with Crippen molar-refractivity contribution in [2.75, 3.05) is 7.11 Å². The summed E-state index contributed by atoms with van der Waals surface area (Å²) in [7, 11) is 1.34. The lowest BCUT2D eigenvalue weighted by molar-refractivity contribution is 0.0596. The van der Waals surface area contributed by atoms with E-state index in [0.29, 0.717) is 5.69 Å². The molecule has 0 aliphatic rings. The van der Waals surface area contributed by atoms with Crippen LogP contribution in [0.25, 0.3) is 10.8 Å². The van der Waals surface area contributed by atoms with Crippen molar-refractivity contribution in [3.63, 3.8) is 0 Å². The fourth-order valence-electron chi connectivity index (χ4n) is 1.31. The molecule has 1 radical (unpaired) electrons. The fourth-order valence-corrected chi connectivity index (χ4v) is 1.31. The Bertz CT molecular complexity index is 474. The van der Waals surface area contributed by atoms with Crippen LogP contribution in [0.15, 0.2) is 30.5 Å². The Morgan fingerprint density at radius 2 is 2.36 bits per heavy atom. The number of hydrogen-bond acceptors (Lipinski definition) is 3. The van der Waals surface area contributed by atoms with E-state index in [1.807, 2.05) is 18.2 Å². The van der Waals surface area contributed by atoms with Crippen LogP contribution in [0.1, 0.15) is 10.5 Å². The molecule has 3 heteroatoms. The van der Waals surface area contributed by atoms with Gasteiger partial charge in [0.15, 0.2) is 5.69 Å². The van der Waals surface area contributed by atoms with E-state index in [4.69, 9.17) is 0 Å². The largest absolute Gasteiger partial charge is 0.464 e. The minimum absolute atomic E-state index is 0.335. The van der Waals surface area contributed by atoms with Crippen molar-refractivity contribution < 1.29 is 9.53 Å². The third-order valence-corrected chi connectivity index (χ3v) is 1.97. The average Bonchev–Trinajstić information content (AvgIpc) is 2.27. The number of fused-ring (bicyclic) bond motifs is 1. The SMILES string of the molecule is COC(=O)c1nccc2[c]cccc12. The Labute approximate surface area is 81.3 Å². The molecule has 0 saturated heterocycles. The summed E-state index contributed by atoms with van der Waals surface area (Å²) in [6.45, 7) is 0. The van der Waals surface area contributed by atoms with Crippen LogP contribution >= 0.6 is 0 Å². The zero-order valence-electron chi connectivity index (χ0n) is 7.65. The molecule has 1 aromatic heterocycles. The maximum Gasteiger partial charge on any atom is 0.357 e. The Morgan fingerprint density at radius 1 is 1.50 bits per heavy atom. The Kier molecular flexibility index (Phi) is 2.14. The van der Waals surface area contributed by atoms with E-state index in [0.717, 1.165) is 10.8 Å². The van der Waals surface area contributed by atoms with Gasteiger partial charge in [-0.05, 0) is 17.5 Å². The van der Waals surface area contributed by atoms with Gasteiger partial charge in [-0.25, -0.2) is 9.78 Å². The second-order valence-electron chi connectivity index (χ2n) is 2.78. The summed E-state index contributed by atoms with van der Waals surface area (Å²) in [6.07, 6.45) is 1.57. The first-order valence-corrected chi connectivity index (χ1v) is 4.16. The normalized spacial score (nSPS) is 10.1. The van der Waals surface area contributed by atoms with Gasteiger partial charge in [-0.3, -0.25) is 0 Å². The number of ether oxygens (including phenoxy) is 1. The Balaban J connectivity index is 2.71. The van der Waals surface area contributed by atoms with E-state index in [9.17, 15) is 4.79 Å². The maximum absolute atomic E-state index is 11.3. The maximum atomic E-state index is 11.3. The molecule has 1 aromatic carbocycles. The molecule has 0 N–H and O–H groups in total. The highest BCUT2D eigenvalue weighted by atomic mass is 16.5. The number of carbonyl (C=O) groups excluding carboxylic acids is 1. The third-order valence-electron chi connectivity index (χ3n) is 1.97. The number of rotatable bonds is 1. The fraction of sp³-hybridized carbons (Fsp3) is 0.0909. The summed E-state index contributed by atoms with van der Waals surface area (Å²) < 4.78 is 4.63. The van der Waals surface area contributed by atoms with Crippen molar-refractivity contribution in [2.24, 2.45) is 0 Å². The van der Waals surface area contributed by atoms with E-state index >= 15 is 0 Å². The third kappa shape index (κ3) is 1.33. The van der Waals surface area contributed by atoms with Gasteiger partial charge in [0.1, 0.15) is 0 Å². The molecule has 0 saturated carbocycles. The lowest BCUT2D eigenvalue weighted by Gasteiger charge is -2.02. The molecule has 0 bridgehead atoms. The highest BCUT2D eigenvalue weighted by Gasteiger charge is 2.10. The second-order valence-corrected chi connectivity index (χ2v) is 2.78. The molecule has 0 atom stereocenters. The lowest BCUT2D eigenvalue weighted by Crippen LogP contribution is -2.04. The number of methoxy groups -OCH3 is 1. The summed E-state index contributed by atoms with van der Waals surface area (Å²) in [6, 6.07) is 10.3. The van der Waals surface area contributed by atoms with Crippen LogP contribution in [0.5, 0.6) is 0 Å². The van der Waals surface area contributed by atoms with E-state index in [-0.39, 0.29) is 0 Å². The smallest absolute Gasteiger partial charge is 0.357 e. The molecule has 0 fully saturated rings. The van der Waals surface area contributed by atoms with Crippen molar-refractivity contribution in [1.82, 2.24) is 4.98 Å². The minimum Gasteiger partial charge on any atom is -0.464 e. The van der Waals surface area contributed by atoms with E-state index < -0.39 is 5.97 Å². The van der Waals surface area contributed by atoms with Gasteiger partial charge < -0.3 is 4.74 Å². The van der Waals surface area contributed by atoms with Crippen molar-refractivity contribution in [2.45, 2.75) is 0 Å². The van der Waals surface area contributed by atoms with Crippen LogP contribution in [0, 0.1) is 6.07 Å². The highest BCUT2D eigenvalue weighted by molar-refractivity contribution is 6.02. The molecular weight excluding hydrogens is 178 g/mol. The number of benzene rings is 1. The van der Waals surface area contributed by atoms with Crippen LogP contribution in [0.2, 0.25) is 0 Å². The standard InChI is InChI=1S/C11H8NO2/c1-14-11(13)10-9-5-3-2-4-8(9)6-7-12-10/h2-3,5-7H,1H3. The van der Waals surface area contributed by atoms with Gasteiger partial charge in [-0.2, -0.15) is 0 Å². The number of esters is 1. The molecule has 2 rings (SSSR count). The predicted octanol–water partition coefficient (Wildman–Crippen LogP) is 1.82. The summed E-state index contributed by atoms with van der Waals surface area (Å²) >= 11 is 0. The average molecular weight is 186 g/mol. The first-order valence-electron chi connectivity index (χ1n) is 4.16. The van der Waals surface area contributed by atoms with Gasteiger partial charge in [-0.15, -0.1) is 0 Å². The zero-order chi connectivity index (χ0) is 9.97. The molecule has 2 aromatic rings. The first kappa shape index (κ1) is 8.69. The van der Waals surface area contributed by atoms with Crippen LogP contribution in [-0.2, 0) is 4.74 Å². The number of carbonyl (C=O) groups is 1. The topological polar surface area (TPSA) is 39.2 Å². The number of pyridine rings is 1. The molecule has 0 unspecified atom stereocenters. The summed E-state index contributed by atoms with van der Waals surface area (Å²) in [5.74, 6) is -0.421. The van der Waals surface area contributed by atoms with Gasteiger partial charge in [0.25, 0.3) is 0 Å². The summed E-state index contributed by atoms with van der Waals surface area (Å²) in [4.78, 5) is 15.3. The zero-order valence-corrected chi connectivity index (χ0v) is 7.65. The van der Waals surface area contributed by atoms with Crippen molar-refractivity contribution >= 4 is 16.7 Å². The van der Waals surface area contributed by atoms with Gasteiger partial charge >= 0.3 is 5.97 Å². The monoisotopic (exact) mass is 186 g/mol. The number of aromatic nitrogens is 1. The lowest BCUT2D eigenvalue weighted by atomic mass is 10.1. The molecule has 0 amide bonds. The summed E-state index contributed by atoms with van der Waals surface area (Å²) in [5.41, 5.74) is 0.335. The van der Waals surface area contributed by atoms with Crippen LogP contribution < -0.4 is 0 Å². The molecule has 0 aliphatic carbocycles. The van der Waals surface area contributed by atoms with Crippen LogP contribution in [-0.4, -0.2) is 18.1 Å². The van der Waals surface area contributed by atoms with Gasteiger partial charge in [0.05, 0.1) is 7.11 Å². The van der Waals surface area contributed by atoms with Crippen molar-refractivity contribution in [3.05, 3.63) is 42.2 Å². The Hall–Kier alpha value is -1.90. The molecular formula is C11H8NO2. The van der Waals surface area contributed by atoms with E-state index in [1.54, 1.807) is 12.3 Å². The van der Waals surface area contributed by atoms with Crippen LogP contribution in [0.4, 0.5) is 0 Å². The van der Waals surface area contributed by atoms with Gasteiger partial charge in [0, 0.05) is 11.6 Å². The molecule has 69 valence electrons. The first-order chi connectivity index (χ1) is 6.83. The molecule has 14 heavy (non-hydrogen) atoms. The summed E-state index contributed by atoms with van der Waals surface area (Å²) in [5, 5.41) is 1.63. The predicted molar refractivity (Wildman–Crippen MR) is 51.9 cm³/mol. The highest BCUT2D eigenvalue weighted by Crippen LogP contribution is 2.15. The van der Waals surface area contributed by atoms with Gasteiger partial charge in [0.2, 0.25) is 0 Å². The minimum atomic E-state index is -0.421. The molecule has 3 nitrogen and oxygen atoms in total. The van der Waals surface area contributed by atoms with Gasteiger partial charge in [-0.1, -0.05) is 18.2 Å². The molecule has 0 aliphatic heterocycles. The number of nitrogens with zero attached hydrogens (tertiary/aromatic N) is 1. The Morgan fingerprint density at radius 3 is 3.14 bits per heavy atom. The van der Waals surface area contributed by atoms with Crippen molar-refractivity contribution in [1.29, 1.82) is 0 Å². The quantitative estimate of drug-likeness (QED) is 0.638. The van der Waals surface area contributed by atoms with Crippen LogP contribution in [0.3, 0.4) is 0 Å². The number of hydrogen-bond donors (Lipinski definition) is 0. The second kappa shape index (κ2) is 3.46. The van der Waals surface area contributed by atoms with Crippen molar-refractivity contribution in [3.8, 4) is 0 Å². The van der Waals surface area contributed by atoms with E-state index in [2.05, 4.69) is 15.8 Å². The molecule has 0 spiro atoms. The van der Waals surface area contributed by atoms with E-state index in [1.165, 1.54) is 7.11 Å². The molecule has 1 heterocycles.